The first-order valence-electron chi connectivity index (χ1n) is 7.23. The lowest BCUT2D eigenvalue weighted by Crippen LogP contribution is -2.28. The molecule has 0 unspecified atom stereocenters. The highest BCUT2D eigenvalue weighted by Crippen LogP contribution is 2.38. The number of carbonyl (C=O) groups is 1. The molecule has 1 aliphatic heterocycles. The highest BCUT2D eigenvalue weighted by molar-refractivity contribution is 7.21. The Morgan fingerprint density at radius 3 is 2.91 bits per heavy atom. The van der Waals surface area contributed by atoms with Crippen molar-refractivity contribution in [1.82, 2.24) is 0 Å². The lowest BCUT2D eigenvalue weighted by Gasteiger charge is -2.16. The number of hydrogen-bond acceptors (Lipinski definition) is 2. The highest BCUT2D eigenvalue weighted by atomic mass is 35.5. The Bertz CT molecular complexity index is 899. The van der Waals surface area contributed by atoms with Crippen molar-refractivity contribution in [3.8, 4) is 0 Å². The van der Waals surface area contributed by atoms with E-state index in [1.807, 2.05) is 42.2 Å². The second kappa shape index (κ2) is 5.11. The van der Waals surface area contributed by atoms with Crippen molar-refractivity contribution < 1.29 is 4.79 Å². The van der Waals surface area contributed by atoms with Crippen LogP contribution in [0.5, 0.6) is 0 Å². The van der Waals surface area contributed by atoms with Crippen LogP contribution >= 0.6 is 22.9 Å². The monoisotopic (exact) mass is 327 g/mol. The summed E-state index contributed by atoms with van der Waals surface area (Å²) >= 11 is 7.96. The van der Waals surface area contributed by atoms with E-state index >= 15 is 0 Å². The van der Waals surface area contributed by atoms with Gasteiger partial charge in [-0.05, 0) is 36.6 Å². The minimum atomic E-state index is 0.00815. The van der Waals surface area contributed by atoms with E-state index in [0.29, 0.717) is 9.90 Å². The second-order valence-corrected chi connectivity index (χ2v) is 7.01. The molecular weight excluding hydrogens is 314 g/mol. The van der Waals surface area contributed by atoms with Crippen molar-refractivity contribution >= 4 is 44.6 Å². The van der Waals surface area contributed by atoms with Gasteiger partial charge in [-0.25, -0.2) is 0 Å². The maximum Gasteiger partial charge on any atom is 0.269 e. The molecule has 110 valence electrons. The van der Waals surface area contributed by atoms with E-state index in [1.165, 1.54) is 22.5 Å². The van der Waals surface area contributed by atoms with Gasteiger partial charge < -0.3 is 4.90 Å². The van der Waals surface area contributed by atoms with Gasteiger partial charge in [0.05, 0.1) is 5.02 Å². The van der Waals surface area contributed by atoms with Crippen LogP contribution in [0, 0.1) is 6.92 Å². The second-order valence-electron chi connectivity index (χ2n) is 5.58. The lowest BCUT2D eigenvalue weighted by atomic mass is 10.2. The number of halogens is 1. The van der Waals surface area contributed by atoms with Gasteiger partial charge in [-0.3, -0.25) is 4.79 Å². The average Bonchev–Trinajstić information content (AvgIpc) is 3.08. The van der Waals surface area contributed by atoms with Crippen molar-refractivity contribution in [1.29, 1.82) is 0 Å². The molecule has 1 aromatic heterocycles. The minimum absolute atomic E-state index is 0.00815. The fraction of sp³-hybridized carbons (Fsp3) is 0.167. The predicted octanol–water partition coefficient (Wildman–Crippen LogP) is 5.07. The van der Waals surface area contributed by atoms with Gasteiger partial charge in [-0.1, -0.05) is 41.9 Å². The molecule has 22 heavy (non-hydrogen) atoms. The van der Waals surface area contributed by atoms with E-state index in [-0.39, 0.29) is 5.91 Å². The third-order valence-corrected chi connectivity index (χ3v) is 5.76. The molecule has 1 amide bonds. The van der Waals surface area contributed by atoms with Gasteiger partial charge >= 0.3 is 0 Å². The molecule has 0 fully saturated rings. The molecule has 0 radical (unpaired) electrons. The van der Waals surface area contributed by atoms with Gasteiger partial charge in [0.25, 0.3) is 5.91 Å². The Hall–Kier alpha value is -1.84. The highest BCUT2D eigenvalue weighted by Gasteiger charge is 2.28. The number of hydrogen-bond donors (Lipinski definition) is 0. The fourth-order valence-electron chi connectivity index (χ4n) is 2.98. The quantitative estimate of drug-likeness (QED) is 0.611. The normalized spacial score (nSPS) is 13.6. The molecule has 0 saturated heterocycles. The largest absolute Gasteiger partial charge is 0.307 e. The first-order valence-corrected chi connectivity index (χ1v) is 8.43. The summed E-state index contributed by atoms with van der Waals surface area (Å²) in [5, 5.41) is 1.54. The molecule has 1 aliphatic rings. The lowest BCUT2D eigenvalue weighted by molar-refractivity contribution is 0.0993. The number of rotatable bonds is 1. The molecule has 2 heterocycles. The van der Waals surface area contributed by atoms with Crippen LogP contribution in [-0.2, 0) is 6.42 Å². The van der Waals surface area contributed by atoms with Crippen molar-refractivity contribution in [2.45, 2.75) is 13.3 Å². The molecule has 4 rings (SSSR count). The Labute approximate surface area is 137 Å². The van der Waals surface area contributed by atoms with Crippen molar-refractivity contribution in [2.75, 3.05) is 11.4 Å². The molecule has 3 aromatic rings. The summed E-state index contributed by atoms with van der Waals surface area (Å²) in [6.45, 7) is 2.77. The zero-order chi connectivity index (χ0) is 15.3. The molecule has 0 atom stereocenters. The van der Waals surface area contributed by atoms with Crippen molar-refractivity contribution in [3.63, 3.8) is 0 Å². The number of thiophene rings is 1. The Morgan fingerprint density at radius 2 is 2.05 bits per heavy atom. The summed E-state index contributed by atoms with van der Waals surface area (Å²) in [7, 11) is 0. The van der Waals surface area contributed by atoms with E-state index in [2.05, 4.69) is 12.1 Å². The maximum atomic E-state index is 12.9. The summed E-state index contributed by atoms with van der Waals surface area (Å²) in [5.41, 5.74) is 3.41. The topological polar surface area (TPSA) is 20.3 Å². The molecule has 4 heteroatoms. The van der Waals surface area contributed by atoms with Crippen LogP contribution in [-0.4, -0.2) is 12.5 Å². The number of nitrogens with zero attached hydrogens (tertiary/aromatic N) is 1. The molecule has 0 bridgehead atoms. The standard InChI is InChI=1S/C18H14ClNOS/c1-11-6-7-13-15(10-11)22-17(16(13)19)18(21)20-9-8-12-4-2-3-5-14(12)20/h2-7,10H,8-9H2,1H3. The fourth-order valence-corrected chi connectivity index (χ4v) is 4.54. The summed E-state index contributed by atoms with van der Waals surface area (Å²) in [6, 6.07) is 14.2. The molecule has 0 N–H and O–H groups in total. The van der Waals surface area contributed by atoms with Gasteiger partial charge in [0.15, 0.2) is 0 Å². The van der Waals surface area contributed by atoms with E-state index in [1.54, 1.807) is 0 Å². The Kier molecular flexibility index (Phi) is 3.21. The molecular formula is C18H14ClNOS. The number of anilines is 1. The SMILES string of the molecule is Cc1ccc2c(Cl)c(C(=O)N3CCc4ccccc43)sc2c1. The number of fused-ring (bicyclic) bond motifs is 2. The smallest absolute Gasteiger partial charge is 0.269 e. The zero-order valence-corrected chi connectivity index (χ0v) is 13.7. The van der Waals surface area contributed by atoms with Crippen LogP contribution < -0.4 is 4.90 Å². The summed E-state index contributed by atoms with van der Waals surface area (Å²) in [4.78, 5) is 15.4. The van der Waals surface area contributed by atoms with Crippen LogP contribution in [0.4, 0.5) is 5.69 Å². The van der Waals surface area contributed by atoms with Gasteiger partial charge in [0.2, 0.25) is 0 Å². The number of aryl methyl sites for hydroxylation is 1. The van der Waals surface area contributed by atoms with E-state index < -0.39 is 0 Å². The maximum absolute atomic E-state index is 12.9. The first kappa shape index (κ1) is 13.8. The number of amides is 1. The molecule has 0 spiro atoms. The first-order chi connectivity index (χ1) is 10.6. The number of benzene rings is 2. The average molecular weight is 328 g/mol. The van der Waals surface area contributed by atoms with Crippen molar-refractivity contribution in [3.05, 3.63) is 63.5 Å². The Balaban J connectivity index is 1.80. The van der Waals surface area contributed by atoms with Gasteiger partial charge in [-0.15, -0.1) is 11.3 Å². The van der Waals surface area contributed by atoms with Crippen molar-refractivity contribution in [2.24, 2.45) is 0 Å². The predicted molar refractivity (Wildman–Crippen MR) is 93.4 cm³/mol. The molecule has 0 saturated carbocycles. The van der Waals surface area contributed by atoms with Crippen LogP contribution in [0.25, 0.3) is 10.1 Å². The zero-order valence-electron chi connectivity index (χ0n) is 12.1. The van der Waals surface area contributed by atoms with E-state index in [4.69, 9.17) is 11.6 Å². The Morgan fingerprint density at radius 1 is 1.23 bits per heavy atom. The molecule has 2 nitrogen and oxygen atoms in total. The van der Waals surface area contributed by atoms with Crippen LogP contribution in [0.1, 0.15) is 20.8 Å². The summed E-state index contributed by atoms with van der Waals surface area (Å²) in [6.07, 6.45) is 0.906. The summed E-state index contributed by atoms with van der Waals surface area (Å²) < 4.78 is 1.07. The van der Waals surface area contributed by atoms with Gasteiger partial charge in [0, 0.05) is 22.3 Å². The number of para-hydroxylation sites is 1. The van der Waals surface area contributed by atoms with Gasteiger partial charge in [-0.2, -0.15) is 0 Å². The minimum Gasteiger partial charge on any atom is -0.307 e. The number of carbonyl (C=O) groups excluding carboxylic acids is 1. The van der Waals surface area contributed by atoms with E-state index in [0.717, 1.165) is 28.7 Å². The van der Waals surface area contributed by atoms with E-state index in [9.17, 15) is 4.79 Å². The van der Waals surface area contributed by atoms with Gasteiger partial charge in [0.1, 0.15) is 4.88 Å². The van der Waals surface area contributed by atoms with Crippen LogP contribution in [0.3, 0.4) is 0 Å². The summed E-state index contributed by atoms with van der Waals surface area (Å²) in [5.74, 6) is 0.00815. The third-order valence-electron chi connectivity index (χ3n) is 4.11. The molecule has 2 aromatic carbocycles. The molecule has 0 aliphatic carbocycles. The van der Waals surface area contributed by atoms with Crippen LogP contribution in [0.15, 0.2) is 42.5 Å². The third kappa shape index (κ3) is 2.04. The van der Waals surface area contributed by atoms with Crippen LogP contribution in [0.2, 0.25) is 5.02 Å².